The summed E-state index contributed by atoms with van der Waals surface area (Å²) in [5.74, 6) is 2.15. The zero-order valence-electron chi connectivity index (χ0n) is 16.9. The van der Waals surface area contributed by atoms with Crippen molar-refractivity contribution >= 4 is 22.5 Å². The predicted molar refractivity (Wildman–Crippen MR) is 117 cm³/mol. The standard InChI is InChI=1S/C23H24N6/c1-15(2)17-6-4-5-7-18(17)22-24-11-20-23(27-22)29(14-26-20)12-16-8-9-21-19(10-16)25-13-28(21)3/h4-11,13,15,26H,12,14H2,1-3H3. The number of fused-ring (bicyclic) bond motifs is 2. The van der Waals surface area contributed by atoms with Crippen molar-refractivity contribution in [3.63, 3.8) is 0 Å². The van der Waals surface area contributed by atoms with Crippen LogP contribution in [0, 0.1) is 0 Å². The molecule has 146 valence electrons. The smallest absolute Gasteiger partial charge is 0.161 e. The second-order valence-corrected chi connectivity index (χ2v) is 7.88. The van der Waals surface area contributed by atoms with E-state index in [-0.39, 0.29) is 0 Å². The molecule has 6 heteroatoms. The predicted octanol–water partition coefficient (Wildman–Crippen LogP) is 4.54. The van der Waals surface area contributed by atoms with Crippen molar-refractivity contribution in [2.24, 2.45) is 7.05 Å². The number of nitrogens with zero attached hydrogens (tertiary/aromatic N) is 5. The Morgan fingerprint density at radius 3 is 2.83 bits per heavy atom. The highest BCUT2D eigenvalue weighted by molar-refractivity contribution is 5.77. The Morgan fingerprint density at radius 2 is 1.97 bits per heavy atom. The van der Waals surface area contributed by atoms with Gasteiger partial charge in [-0.2, -0.15) is 0 Å². The van der Waals surface area contributed by atoms with Crippen molar-refractivity contribution in [2.75, 3.05) is 16.9 Å². The van der Waals surface area contributed by atoms with E-state index >= 15 is 0 Å². The number of hydrogen-bond acceptors (Lipinski definition) is 5. The van der Waals surface area contributed by atoms with Crippen LogP contribution in [-0.4, -0.2) is 26.2 Å². The zero-order chi connectivity index (χ0) is 20.0. The number of aromatic nitrogens is 4. The molecule has 4 aromatic rings. The van der Waals surface area contributed by atoms with Crippen LogP contribution in [0.15, 0.2) is 55.0 Å². The average molecular weight is 384 g/mol. The quantitative estimate of drug-likeness (QED) is 0.560. The van der Waals surface area contributed by atoms with Gasteiger partial charge in [-0.05, 0) is 29.2 Å². The molecule has 1 aliphatic rings. The van der Waals surface area contributed by atoms with Crippen LogP contribution < -0.4 is 10.2 Å². The Bertz CT molecular complexity index is 1190. The number of aryl methyl sites for hydroxylation is 1. The fraction of sp³-hybridized carbons (Fsp3) is 0.261. The molecule has 1 N–H and O–H groups in total. The first-order valence-electron chi connectivity index (χ1n) is 9.95. The monoisotopic (exact) mass is 384 g/mol. The second-order valence-electron chi connectivity index (χ2n) is 7.88. The van der Waals surface area contributed by atoms with Crippen LogP contribution in [0.25, 0.3) is 22.4 Å². The summed E-state index contributed by atoms with van der Waals surface area (Å²) in [6.45, 7) is 5.90. The fourth-order valence-electron chi connectivity index (χ4n) is 3.96. The lowest BCUT2D eigenvalue weighted by molar-refractivity contribution is 0.852. The Labute approximate surface area is 170 Å². The van der Waals surface area contributed by atoms with Gasteiger partial charge in [0.15, 0.2) is 11.6 Å². The molecule has 0 radical (unpaired) electrons. The van der Waals surface area contributed by atoms with E-state index in [1.807, 2.05) is 24.1 Å². The molecule has 0 aliphatic carbocycles. The van der Waals surface area contributed by atoms with Crippen molar-refractivity contribution in [3.8, 4) is 11.4 Å². The van der Waals surface area contributed by atoms with Crippen molar-refractivity contribution in [3.05, 3.63) is 66.1 Å². The summed E-state index contributed by atoms with van der Waals surface area (Å²) < 4.78 is 2.04. The minimum absolute atomic E-state index is 0.419. The van der Waals surface area contributed by atoms with E-state index < -0.39 is 0 Å². The van der Waals surface area contributed by atoms with Gasteiger partial charge in [-0.3, -0.25) is 0 Å². The number of rotatable bonds is 4. The van der Waals surface area contributed by atoms with Gasteiger partial charge in [-0.25, -0.2) is 15.0 Å². The number of nitrogens with one attached hydrogen (secondary N) is 1. The third kappa shape index (κ3) is 3.10. The van der Waals surface area contributed by atoms with E-state index in [9.17, 15) is 0 Å². The van der Waals surface area contributed by atoms with Gasteiger partial charge in [0.05, 0.1) is 35.9 Å². The van der Waals surface area contributed by atoms with Crippen molar-refractivity contribution < 1.29 is 0 Å². The third-order valence-electron chi connectivity index (χ3n) is 5.52. The van der Waals surface area contributed by atoms with Gasteiger partial charge in [-0.1, -0.05) is 44.2 Å². The summed E-state index contributed by atoms with van der Waals surface area (Å²) in [5, 5.41) is 3.41. The van der Waals surface area contributed by atoms with Gasteiger partial charge in [0.25, 0.3) is 0 Å². The van der Waals surface area contributed by atoms with E-state index in [2.05, 4.69) is 76.5 Å². The topological polar surface area (TPSA) is 58.9 Å². The van der Waals surface area contributed by atoms with Crippen molar-refractivity contribution in [1.82, 2.24) is 19.5 Å². The van der Waals surface area contributed by atoms with Gasteiger partial charge in [0.1, 0.15) is 0 Å². The minimum Gasteiger partial charge on any atom is -0.363 e. The summed E-state index contributed by atoms with van der Waals surface area (Å²) in [7, 11) is 2.02. The first-order valence-corrected chi connectivity index (χ1v) is 9.95. The molecular formula is C23H24N6. The highest BCUT2D eigenvalue weighted by Crippen LogP contribution is 2.34. The van der Waals surface area contributed by atoms with Crippen LogP contribution in [0.2, 0.25) is 0 Å². The molecule has 0 bridgehead atoms. The molecule has 1 aliphatic heterocycles. The third-order valence-corrected chi connectivity index (χ3v) is 5.52. The van der Waals surface area contributed by atoms with E-state index in [1.165, 1.54) is 11.1 Å². The van der Waals surface area contributed by atoms with Crippen molar-refractivity contribution in [1.29, 1.82) is 0 Å². The van der Waals surface area contributed by atoms with Crippen LogP contribution in [0.4, 0.5) is 11.5 Å². The maximum Gasteiger partial charge on any atom is 0.161 e. The molecule has 0 atom stereocenters. The van der Waals surface area contributed by atoms with Crippen LogP contribution in [0.5, 0.6) is 0 Å². The van der Waals surface area contributed by atoms with Gasteiger partial charge in [0.2, 0.25) is 0 Å². The maximum absolute atomic E-state index is 4.94. The van der Waals surface area contributed by atoms with Gasteiger partial charge in [-0.15, -0.1) is 0 Å². The summed E-state index contributed by atoms with van der Waals surface area (Å²) >= 11 is 0. The lowest BCUT2D eigenvalue weighted by atomic mass is 9.97. The summed E-state index contributed by atoms with van der Waals surface area (Å²) in [6.07, 6.45) is 3.75. The number of imidazole rings is 1. The molecule has 3 heterocycles. The maximum atomic E-state index is 4.94. The molecule has 2 aromatic heterocycles. The lowest BCUT2D eigenvalue weighted by Crippen LogP contribution is -2.22. The molecular weight excluding hydrogens is 360 g/mol. The Hall–Kier alpha value is -3.41. The first-order chi connectivity index (χ1) is 14.1. The summed E-state index contributed by atoms with van der Waals surface area (Å²) in [4.78, 5) is 16.3. The Balaban J connectivity index is 1.48. The number of anilines is 2. The molecule has 2 aromatic carbocycles. The molecule has 5 rings (SSSR count). The minimum atomic E-state index is 0.419. The van der Waals surface area contributed by atoms with E-state index in [0.717, 1.165) is 47.1 Å². The molecule has 29 heavy (non-hydrogen) atoms. The van der Waals surface area contributed by atoms with E-state index in [4.69, 9.17) is 4.98 Å². The molecule has 0 saturated heterocycles. The molecule has 0 amide bonds. The first kappa shape index (κ1) is 17.7. The van der Waals surface area contributed by atoms with Crippen LogP contribution in [0.3, 0.4) is 0 Å². The average Bonchev–Trinajstić information content (AvgIpc) is 3.31. The normalized spacial score (nSPS) is 13.2. The van der Waals surface area contributed by atoms with E-state index in [1.54, 1.807) is 0 Å². The summed E-state index contributed by atoms with van der Waals surface area (Å²) in [6, 6.07) is 14.9. The number of hydrogen-bond donors (Lipinski definition) is 1. The zero-order valence-corrected chi connectivity index (χ0v) is 16.9. The Kier molecular flexibility index (Phi) is 4.19. The largest absolute Gasteiger partial charge is 0.363 e. The molecule has 0 saturated carbocycles. The molecule has 0 spiro atoms. The molecule has 6 nitrogen and oxygen atoms in total. The van der Waals surface area contributed by atoms with Gasteiger partial charge >= 0.3 is 0 Å². The van der Waals surface area contributed by atoms with E-state index in [0.29, 0.717) is 5.92 Å². The highest BCUT2D eigenvalue weighted by atomic mass is 15.3. The SMILES string of the molecule is CC(C)c1ccccc1-c1ncc2c(n1)N(Cc1ccc3c(c1)ncn3C)CN2. The second kappa shape index (κ2) is 6.88. The Morgan fingerprint density at radius 1 is 1.10 bits per heavy atom. The summed E-state index contributed by atoms with van der Waals surface area (Å²) in [5.41, 5.74) is 6.73. The van der Waals surface area contributed by atoms with Crippen molar-refractivity contribution in [2.45, 2.75) is 26.3 Å². The number of benzene rings is 2. The van der Waals surface area contributed by atoms with Gasteiger partial charge < -0.3 is 14.8 Å². The molecule has 0 fully saturated rings. The van der Waals surface area contributed by atoms with Crippen LogP contribution >= 0.6 is 0 Å². The lowest BCUT2D eigenvalue weighted by Gasteiger charge is -2.18. The fourth-order valence-corrected chi connectivity index (χ4v) is 3.96. The van der Waals surface area contributed by atoms with Crippen LogP contribution in [-0.2, 0) is 13.6 Å². The van der Waals surface area contributed by atoms with Crippen LogP contribution in [0.1, 0.15) is 30.9 Å². The highest BCUT2D eigenvalue weighted by Gasteiger charge is 2.23. The van der Waals surface area contributed by atoms with Gasteiger partial charge in [0, 0.05) is 19.2 Å². The molecule has 0 unspecified atom stereocenters.